The van der Waals surface area contributed by atoms with Crippen LogP contribution in [0, 0.1) is 5.41 Å². The number of carbonyl (C=O) groups is 1. The first kappa shape index (κ1) is 17.8. The number of hydrogen-bond donors (Lipinski definition) is 1. The number of aliphatic imine (C=N–C) groups is 1. The smallest absolute Gasteiger partial charge is 0.307 e. The summed E-state index contributed by atoms with van der Waals surface area (Å²) >= 11 is 0. The van der Waals surface area contributed by atoms with Crippen LogP contribution in [0.4, 0.5) is 0 Å². The predicted octanol–water partition coefficient (Wildman–Crippen LogP) is 2.41. The summed E-state index contributed by atoms with van der Waals surface area (Å²) in [5.74, 6) is 0.701. The summed E-state index contributed by atoms with van der Waals surface area (Å²) in [6.07, 6.45) is 0.259. The summed E-state index contributed by atoms with van der Waals surface area (Å²) in [6.45, 7) is 17.0. The highest BCUT2D eigenvalue weighted by Crippen LogP contribution is 2.46. The zero-order chi connectivity index (χ0) is 16.3. The van der Waals surface area contributed by atoms with Crippen LogP contribution in [0.25, 0.3) is 0 Å². The van der Waals surface area contributed by atoms with Crippen LogP contribution in [-0.2, 0) is 9.53 Å². The third-order valence-corrected chi connectivity index (χ3v) is 4.42. The predicted molar refractivity (Wildman–Crippen MR) is 86.4 cm³/mol. The molecule has 1 rings (SSSR count). The number of esters is 1. The average molecular weight is 297 g/mol. The fraction of sp³-hybridized carbons (Fsp3) is 0.875. The quantitative estimate of drug-likeness (QED) is 0.481. The maximum Gasteiger partial charge on any atom is 0.307 e. The second-order valence-corrected chi connectivity index (χ2v) is 7.05. The van der Waals surface area contributed by atoms with Crippen molar-refractivity contribution in [3.63, 3.8) is 0 Å². The second-order valence-electron chi connectivity index (χ2n) is 7.05. The maximum absolute atomic E-state index is 11.6. The van der Waals surface area contributed by atoms with Gasteiger partial charge in [-0.1, -0.05) is 13.8 Å². The highest BCUT2D eigenvalue weighted by atomic mass is 16.5. The Morgan fingerprint density at radius 1 is 1.33 bits per heavy atom. The second kappa shape index (κ2) is 6.67. The number of ether oxygens (including phenoxy) is 1. The Labute approximate surface area is 129 Å². The van der Waals surface area contributed by atoms with Crippen molar-refractivity contribution in [2.45, 2.75) is 66.5 Å². The molecule has 1 aliphatic heterocycles. The van der Waals surface area contributed by atoms with Crippen molar-refractivity contribution in [1.82, 2.24) is 10.2 Å². The van der Waals surface area contributed by atoms with Gasteiger partial charge >= 0.3 is 5.97 Å². The fourth-order valence-corrected chi connectivity index (χ4v) is 2.37. The molecule has 1 N–H and O–H groups in total. The van der Waals surface area contributed by atoms with Gasteiger partial charge in [0, 0.05) is 24.0 Å². The summed E-state index contributed by atoms with van der Waals surface area (Å²) in [4.78, 5) is 18.4. The molecule has 1 heterocycles. The molecular weight excluding hydrogens is 266 g/mol. The molecule has 0 aromatic heterocycles. The summed E-state index contributed by atoms with van der Waals surface area (Å²) in [5, 5.41) is 3.32. The lowest BCUT2D eigenvalue weighted by atomic mass is 9.65. The van der Waals surface area contributed by atoms with Crippen molar-refractivity contribution >= 4 is 11.9 Å². The van der Waals surface area contributed by atoms with Gasteiger partial charge in [0.25, 0.3) is 0 Å². The first-order chi connectivity index (χ1) is 9.61. The minimum atomic E-state index is -0.187. The highest BCUT2D eigenvalue weighted by Gasteiger charge is 2.53. The van der Waals surface area contributed by atoms with E-state index in [1.54, 1.807) is 0 Å². The minimum Gasteiger partial charge on any atom is -0.463 e. The molecule has 0 aromatic rings. The summed E-state index contributed by atoms with van der Waals surface area (Å²) in [6, 6.07) is 0. The van der Waals surface area contributed by atoms with Crippen molar-refractivity contribution in [3.05, 3.63) is 0 Å². The van der Waals surface area contributed by atoms with Gasteiger partial charge in [-0.3, -0.25) is 9.79 Å². The molecule has 1 aliphatic rings. The molecule has 5 heteroatoms. The van der Waals surface area contributed by atoms with Gasteiger partial charge < -0.3 is 15.0 Å². The molecule has 0 bridgehead atoms. The molecule has 0 spiro atoms. The van der Waals surface area contributed by atoms with E-state index in [0.29, 0.717) is 13.0 Å². The van der Waals surface area contributed by atoms with Crippen molar-refractivity contribution in [3.8, 4) is 0 Å². The van der Waals surface area contributed by atoms with Crippen LogP contribution < -0.4 is 5.32 Å². The van der Waals surface area contributed by atoms with E-state index in [2.05, 4.69) is 49.8 Å². The van der Waals surface area contributed by atoms with Crippen LogP contribution in [0.1, 0.15) is 54.9 Å². The van der Waals surface area contributed by atoms with Crippen LogP contribution in [0.3, 0.4) is 0 Å². The van der Waals surface area contributed by atoms with Gasteiger partial charge in [-0.05, 0) is 34.6 Å². The molecule has 5 nitrogen and oxygen atoms in total. The van der Waals surface area contributed by atoms with E-state index in [9.17, 15) is 4.79 Å². The molecule has 0 amide bonds. The van der Waals surface area contributed by atoms with Crippen LogP contribution in [0.2, 0.25) is 0 Å². The Bertz CT molecular complexity index is 400. The van der Waals surface area contributed by atoms with E-state index in [0.717, 1.165) is 19.0 Å². The maximum atomic E-state index is 11.6. The number of nitrogens with one attached hydrogen (secondary N) is 1. The molecule has 0 radical (unpaired) electrons. The molecule has 21 heavy (non-hydrogen) atoms. The van der Waals surface area contributed by atoms with E-state index in [-0.39, 0.29) is 23.0 Å². The van der Waals surface area contributed by atoms with Gasteiger partial charge in [-0.15, -0.1) is 0 Å². The minimum absolute atomic E-state index is 0.0619. The lowest BCUT2D eigenvalue weighted by molar-refractivity contribution is -0.147. The summed E-state index contributed by atoms with van der Waals surface area (Å²) in [5.41, 5.74) is 0.326. The molecule has 1 fully saturated rings. The zero-order valence-electron chi connectivity index (χ0n) is 14.6. The van der Waals surface area contributed by atoms with Gasteiger partial charge in [0.2, 0.25) is 0 Å². The Balaban J connectivity index is 2.62. The van der Waals surface area contributed by atoms with Crippen molar-refractivity contribution in [1.29, 1.82) is 0 Å². The van der Waals surface area contributed by atoms with Crippen LogP contribution >= 0.6 is 0 Å². The number of rotatable bonds is 5. The Morgan fingerprint density at radius 3 is 2.38 bits per heavy atom. The van der Waals surface area contributed by atoms with E-state index in [1.165, 1.54) is 0 Å². The standard InChI is InChI=1S/C16H31N3O2/c1-8-17-14(18-10-9-13(20)21-12(2)3)19-11-15(4,5)16(19,6)7/h12H,8-11H2,1-7H3,(H,17,18). The SMILES string of the molecule is CCNC(=NCCC(=O)OC(C)C)N1CC(C)(C)C1(C)C. The van der Waals surface area contributed by atoms with Crippen molar-refractivity contribution in [2.75, 3.05) is 19.6 Å². The average Bonchev–Trinajstić information content (AvgIpc) is 2.34. The summed E-state index contributed by atoms with van der Waals surface area (Å²) in [7, 11) is 0. The number of carbonyl (C=O) groups excluding carboxylic acids is 1. The molecule has 0 aromatic carbocycles. The molecule has 1 saturated heterocycles. The third kappa shape index (κ3) is 4.11. The molecule has 122 valence electrons. The largest absolute Gasteiger partial charge is 0.463 e. The Hall–Kier alpha value is -1.26. The van der Waals surface area contributed by atoms with Crippen LogP contribution in [0.5, 0.6) is 0 Å². The van der Waals surface area contributed by atoms with Crippen molar-refractivity contribution < 1.29 is 9.53 Å². The molecule has 0 atom stereocenters. The number of likely N-dealkylation sites (tertiary alicyclic amines) is 1. The normalized spacial score (nSPS) is 20.2. The van der Waals surface area contributed by atoms with Gasteiger partial charge in [-0.2, -0.15) is 0 Å². The van der Waals surface area contributed by atoms with E-state index in [1.807, 2.05) is 13.8 Å². The Kier molecular flexibility index (Phi) is 5.65. The van der Waals surface area contributed by atoms with Gasteiger partial charge in [0.05, 0.1) is 19.1 Å². The zero-order valence-corrected chi connectivity index (χ0v) is 14.6. The molecular formula is C16H31N3O2. The first-order valence-electron chi connectivity index (χ1n) is 7.87. The monoisotopic (exact) mass is 297 g/mol. The van der Waals surface area contributed by atoms with Crippen molar-refractivity contribution in [2.24, 2.45) is 10.4 Å². The lowest BCUT2D eigenvalue weighted by Crippen LogP contribution is -2.72. The molecule has 0 aliphatic carbocycles. The topological polar surface area (TPSA) is 53.9 Å². The van der Waals surface area contributed by atoms with E-state index < -0.39 is 0 Å². The lowest BCUT2D eigenvalue weighted by Gasteiger charge is -2.62. The van der Waals surface area contributed by atoms with Crippen LogP contribution in [-0.4, -0.2) is 48.1 Å². The van der Waals surface area contributed by atoms with E-state index >= 15 is 0 Å². The number of guanidine groups is 1. The number of nitrogens with zero attached hydrogens (tertiary/aromatic N) is 2. The molecule has 0 unspecified atom stereocenters. The number of hydrogen-bond acceptors (Lipinski definition) is 3. The summed E-state index contributed by atoms with van der Waals surface area (Å²) < 4.78 is 5.12. The fourth-order valence-electron chi connectivity index (χ4n) is 2.37. The van der Waals surface area contributed by atoms with Gasteiger partial charge in [0.15, 0.2) is 5.96 Å². The third-order valence-electron chi connectivity index (χ3n) is 4.42. The van der Waals surface area contributed by atoms with Crippen LogP contribution in [0.15, 0.2) is 4.99 Å². The van der Waals surface area contributed by atoms with Gasteiger partial charge in [-0.25, -0.2) is 0 Å². The molecule has 0 saturated carbocycles. The van der Waals surface area contributed by atoms with Gasteiger partial charge in [0.1, 0.15) is 0 Å². The first-order valence-corrected chi connectivity index (χ1v) is 7.87. The highest BCUT2D eigenvalue weighted by molar-refractivity contribution is 5.82. The Morgan fingerprint density at radius 2 is 1.95 bits per heavy atom. The van der Waals surface area contributed by atoms with E-state index in [4.69, 9.17) is 4.74 Å².